The molecule has 2 aromatic carbocycles. The number of hydrogen-bond donors (Lipinski definition) is 4. The Hall–Kier alpha value is -3.63. The Morgan fingerprint density at radius 3 is 2.51 bits per heavy atom. The maximum Gasteiger partial charge on any atom is 0.310 e. The highest BCUT2D eigenvalue weighted by Crippen LogP contribution is 2.57. The molecule has 8 rings (SSSR count). The summed E-state index contributed by atoms with van der Waals surface area (Å²) < 4.78 is 46.7. The molecule has 5 heterocycles. The highest BCUT2D eigenvalue weighted by atomic mass is 32.1. The van der Waals surface area contributed by atoms with Gasteiger partial charge in [-0.05, 0) is 52.4 Å². The minimum absolute atomic E-state index is 0.00329. The molecule has 0 bridgehead atoms. The Labute approximate surface area is 260 Å². The van der Waals surface area contributed by atoms with Crippen LogP contribution in [0.1, 0.15) is 39.9 Å². The van der Waals surface area contributed by atoms with Crippen LogP contribution in [0.3, 0.4) is 0 Å². The number of aliphatic hydroxyl groups excluding tert-OH is 2. The molecule has 0 spiro atoms. The van der Waals surface area contributed by atoms with Gasteiger partial charge in [0.1, 0.15) is 24.4 Å². The van der Waals surface area contributed by atoms with Crippen LogP contribution in [0.2, 0.25) is 0 Å². The van der Waals surface area contributed by atoms with Crippen molar-refractivity contribution in [2.24, 2.45) is 11.8 Å². The average molecular weight is 643 g/mol. The fourth-order valence-electron chi connectivity index (χ4n) is 7.04. The maximum atomic E-state index is 13.4. The van der Waals surface area contributed by atoms with E-state index in [1.165, 1.54) is 24.5 Å². The molecule has 45 heavy (non-hydrogen) atoms. The number of carbonyl (C=O) groups excluding carboxylic acids is 1. The molecule has 1 aliphatic carbocycles. The number of cyclic esters (lactones) is 1. The van der Waals surface area contributed by atoms with E-state index in [1.54, 1.807) is 18.2 Å². The smallest absolute Gasteiger partial charge is 0.310 e. The molecule has 0 amide bonds. The van der Waals surface area contributed by atoms with Crippen molar-refractivity contribution in [3.8, 4) is 28.7 Å². The molecule has 238 valence electrons. The first kappa shape index (κ1) is 28.8. The van der Waals surface area contributed by atoms with Gasteiger partial charge >= 0.3 is 5.97 Å². The van der Waals surface area contributed by atoms with Crippen molar-refractivity contribution in [2.75, 3.05) is 27.1 Å². The molecule has 14 heteroatoms. The number of methoxy groups -OCH3 is 1. The molecule has 4 aliphatic heterocycles. The van der Waals surface area contributed by atoms with E-state index in [-0.39, 0.29) is 25.8 Å². The maximum absolute atomic E-state index is 13.4. The van der Waals surface area contributed by atoms with Gasteiger partial charge in [0.05, 0.1) is 37.2 Å². The molecule has 13 nitrogen and oxygen atoms in total. The summed E-state index contributed by atoms with van der Waals surface area (Å²) in [6.45, 7) is 0.105. The zero-order valence-electron chi connectivity index (χ0n) is 23.8. The predicted molar refractivity (Wildman–Crippen MR) is 151 cm³/mol. The molecule has 5 aliphatic rings. The van der Waals surface area contributed by atoms with E-state index in [1.807, 2.05) is 17.5 Å². The van der Waals surface area contributed by atoms with Crippen molar-refractivity contribution >= 4 is 17.3 Å². The van der Waals surface area contributed by atoms with E-state index in [4.69, 9.17) is 37.9 Å². The molecule has 3 saturated heterocycles. The molecule has 10 atom stereocenters. The number of rotatable bonds is 5. The molecule has 4 N–H and O–H groups in total. The SMILES string of the molecule is COc1cc([C@@H]2c3cc4c(cc3[C@@H](O[C@@H]3O[C@@H]5CO[C@@H](c6cccs6)O[C@H]5[C@H](O)[C@H]3O)[C@H]3COC(=O)[C@H]23)OCO4)cc(O)c1O. The Kier molecular flexibility index (Phi) is 7.05. The zero-order valence-corrected chi connectivity index (χ0v) is 24.6. The first-order chi connectivity index (χ1) is 21.8. The zero-order chi connectivity index (χ0) is 31.0. The lowest BCUT2D eigenvalue weighted by Gasteiger charge is -2.48. The number of ether oxygens (including phenoxy) is 8. The Morgan fingerprint density at radius 2 is 1.76 bits per heavy atom. The quantitative estimate of drug-likeness (QED) is 0.237. The van der Waals surface area contributed by atoms with Gasteiger partial charge in [-0.25, -0.2) is 0 Å². The van der Waals surface area contributed by atoms with Gasteiger partial charge in [0.15, 0.2) is 35.6 Å². The summed E-state index contributed by atoms with van der Waals surface area (Å²) in [4.78, 5) is 14.2. The molecule has 3 fully saturated rings. The van der Waals surface area contributed by atoms with Gasteiger partial charge in [-0.1, -0.05) is 6.07 Å². The normalized spacial score (nSPS) is 34.9. The van der Waals surface area contributed by atoms with Crippen molar-refractivity contribution in [3.05, 3.63) is 63.3 Å². The lowest BCUT2D eigenvalue weighted by molar-refractivity contribution is -0.368. The van der Waals surface area contributed by atoms with Crippen molar-refractivity contribution in [1.82, 2.24) is 0 Å². The summed E-state index contributed by atoms with van der Waals surface area (Å²) in [5.41, 5.74) is 1.75. The van der Waals surface area contributed by atoms with E-state index >= 15 is 0 Å². The molecular weight excluding hydrogens is 612 g/mol. The largest absolute Gasteiger partial charge is 0.504 e. The fraction of sp³-hybridized carbons (Fsp3) is 0.452. The highest BCUT2D eigenvalue weighted by molar-refractivity contribution is 7.10. The van der Waals surface area contributed by atoms with Crippen LogP contribution in [0.25, 0.3) is 0 Å². The minimum atomic E-state index is -1.49. The van der Waals surface area contributed by atoms with E-state index in [0.717, 1.165) is 4.88 Å². The Bertz CT molecular complexity index is 1610. The van der Waals surface area contributed by atoms with E-state index in [9.17, 15) is 25.2 Å². The van der Waals surface area contributed by atoms with Crippen LogP contribution in [0, 0.1) is 11.8 Å². The van der Waals surface area contributed by atoms with Gasteiger partial charge in [0, 0.05) is 11.8 Å². The summed E-state index contributed by atoms with van der Waals surface area (Å²) in [5, 5.41) is 45.1. The fourth-order valence-corrected chi connectivity index (χ4v) is 7.75. The lowest BCUT2D eigenvalue weighted by atomic mass is 9.66. The third-order valence-corrected chi connectivity index (χ3v) is 10.1. The summed E-state index contributed by atoms with van der Waals surface area (Å²) in [7, 11) is 1.36. The second-order valence-electron chi connectivity index (χ2n) is 11.6. The number of esters is 1. The summed E-state index contributed by atoms with van der Waals surface area (Å²) in [6, 6.07) is 10.2. The van der Waals surface area contributed by atoms with Gasteiger partial charge in [-0.15, -0.1) is 11.3 Å². The summed E-state index contributed by atoms with van der Waals surface area (Å²) in [6.07, 6.45) is -7.28. The number of fused-ring (bicyclic) bond motifs is 4. The van der Waals surface area contributed by atoms with Gasteiger partial charge in [0.25, 0.3) is 0 Å². The Morgan fingerprint density at radius 1 is 0.956 bits per heavy atom. The van der Waals surface area contributed by atoms with E-state index in [0.29, 0.717) is 28.2 Å². The van der Waals surface area contributed by atoms with Crippen molar-refractivity contribution < 1.29 is 63.1 Å². The molecule has 1 aromatic heterocycles. The predicted octanol–water partition coefficient (Wildman–Crippen LogP) is 2.45. The second kappa shape index (κ2) is 11.0. The topological polar surface area (TPSA) is 172 Å². The third kappa shape index (κ3) is 4.62. The number of benzene rings is 2. The molecular formula is C31H30O13S. The van der Waals surface area contributed by atoms with Crippen molar-refractivity contribution in [1.29, 1.82) is 0 Å². The molecule has 0 radical (unpaired) electrons. The molecule has 0 saturated carbocycles. The first-order valence-electron chi connectivity index (χ1n) is 14.5. The molecule has 0 unspecified atom stereocenters. The van der Waals surface area contributed by atoms with Crippen molar-refractivity contribution in [3.63, 3.8) is 0 Å². The van der Waals surface area contributed by atoms with E-state index < -0.39 is 78.3 Å². The number of phenolic OH excluding ortho intramolecular Hbond substituents is 2. The van der Waals surface area contributed by atoms with Crippen molar-refractivity contribution in [2.45, 2.75) is 49.0 Å². The summed E-state index contributed by atoms with van der Waals surface area (Å²) in [5.74, 6) is -2.36. The van der Waals surface area contributed by atoms with Gasteiger partial charge in [-0.3, -0.25) is 4.79 Å². The van der Waals surface area contributed by atoms with Crippen LogP contribution < -0.4 is 14.2 Å². The van der Waals surface area contributed by atoms with Crippen LogP contribution in [-0.4, -0.2) is 84.2 Å². The van der Waals surface area contributed by atoms with Crippen LogP contribution in [0.15, 0.2) is 41.8 Å². The Balaban J connectivity index is 1.15. The lowest BCUT2D eigenvalue weighted by Crippen LogP contribution is -2.62. The van der Waals surface area contributed by atoms with Crippen LogP contribution in [-0.2, 0) is 28.5 Å². The average Bonchev–Trinajstić information content (AvgIpc) is 3.82. The highest BCUT2D eigenvalue weighted by Gasteiger charge is 2.56. The van der Waals surface area contributed by atoms with Gasteiger partial charge in [0.2, 0.25) is 12.5 Å². The molecule has 3 aromatic rings. The number of phenols is 2. The van der Waals surface area contributed by atoms with Crippen LogP contribution in [0.4, 0.5) is 0 Å². The monoisotopic (exact) mass is 642 g/mol. The van der Waals surface area contributed by atoms with Crippen LogP contribution >= 0.6 is 11.3 Å². The number of carbonyl (C=O) groups is 1. The number of aromatic hydroxyl groups is 2. The van der Waals surface area contributed by atoms with Gasteiger partial charge in [-0.2, -0.15) is 0 Å². The number of hydrogen-bond acceptors (Lipinski definition) is 14. The minimum Gasteiger partial charge on any atom is -0.504 e. The first-order valence-corrected chi connectivity index (χ1v) is 15.4. The standard InChI is InChI=1S/C31H30O13S/c1-37-19-6-12(5-16(32)24(19)33)22-13-7-17-18(41-11-40-17)8-14(13)27(15-9-38-29(36)23(15)22)43-31-26(35)25(34)28-20(42-31)10-39-30(44-28)21-3-2-4-45-21/h2-8,15,20,22-23,25-28,30-35H,9-11H2,1H3/t15-,20+,22+,23-,25+,26+,27+,28+,30+,31-/m0/s1. The third-order valence-electron chi connectivity index (χ3n) is 9.17. The number of aliphatic hydroxyl groups is 2. The van der Waals surface area contributed by atoms with Crippen LogP contribution in [0.5, 0.6) is 28.7 Å². The second-order valence-corrected chi connectivity index (χ2v) is 12.6. The van der Waals surface area contributed by atoms with E-state index in [2.05, 4.69) is 0 Å². The number of thiophene rings is 1. The summed E-state index contributed by atoms with van der Waals surface area (Å²) >= 11 is 1.46. The van der Waals surface area contributed by atoms with Gasteiger partial charge < -0.3 is 58.3 Å².